The summed E-state index contributed by atoms with van der Waals surface area (Å²) < 4.78 is 7.48. The Balaban J connectivity index is 2.19. The van der Waals surface area contributed by atoms with Gasteiger partial charge in [0.2, 0.25) is 0 Å². The van der Waals surface area contributed by atoms with Gasteiger partial charge >= 0.3 is 0 Å². The van der Waals surface area contributed by atoms with Crippen molar-refractivity contribution in [1.82, 2.24) is 15.0 Å². The van der Waals surface area contributed by atoms with Crippen molar-refractivity contribution >= 4 is 0 Å². The molecule has 5 heteroatoms. The molecular weight excluding hydrogens is 278 g/mol. The van der Waals surface area contributed by atoms with Crippen molar-refractivity contribution in [2.24, 2.45) is 5.92 Å². The molecule has 1 heterocycles. The minimum atomic E-state index is -0.0831. The molecule has 2 aromatic rings. The van der Waals surface area contributed by atoms with Gasteiger partial charge in [0.05, 0.1) is 24.6 Å². The Kier molecular flexibility index (Phi) is 5.95. The lowest BCUT2D eigenvalue weighted by atomic mass is 10.1. The van der Waals surface area contributed by atoms with Crippen LogP contribution in [0.5, 0.6) is 5.75 Å². The number of rotatable bonds is 8. The quantitative estimate of drug-likeness (QED) is 0.761. The fraction of sp³-hybridized carbons (Fsp3) is 0.529. The maximum atomic E-state index is 9.42. The van der Waals surface area contributed by atoms with Crippen LogP contribution in [0.15, 0.2) is 24.3 Å². The highest BCUT2D eigenvalue weighted by atomic mass is 16.5. The first kappa shape index (κ1) is 16.5. The second kappa shape index (κ2) is 7.94. The third-order valence-electron chi connectivity index (χ3n) is 3.44. The lowest BCUT2D eigenvalue weighted by Gasteiger charge is -2.11. The average molecular weight is 303 g/mol. The summed E-state index contributed by atoms with van der Waals surface area (Å²) in [5.74, 6) is 1.34. The van der Waals surface area contributed by atoms with E-state index in [4.69, 9.17) is 4.74 Å². The lowest BCUT2D eigenvalue weighted by molar-refractivity contribution is 0.275. The Morgan fingerprint density at radius 3 is 2.55 bits per heavy atom. The van der Waals surface area contributed by atoms with Crippen LogP contribution >= 0.6 is 0 Å². The minimum absolute atomic E-state index is 0.0831. The molecule has 120 valence electrons. The highest BCUT2D eigenvalue weighted by Crippen LogP contribution is 2.20. The predicted molar refractivity (Wildman–Crippen MR) is 86.2 cm³/mol. The Bertz CT molecular complexity index is 576. The minimum Gasteiger partial charge on any atom is -0.494 e. The van der Waals surface area contributed by atoms with Gasteiger partial charge in [-0.25, -0.2) is 4.68 Å². The summed E-state index contributed by atoms with van der Waals surface area (Å²) in [7, 11) is 0. The van der Waals surface area contributed by atoms with Gasteiger partial charge in [0.15, 0.2) is 0 Å². The molecule has 2 rings (SSSR count). The highest BCUT2D eigenvalue weighted by molar-refractivity contribution is 5.38. The van der Waals surface area contributed by atoms with E-state index in [1.54, 1.807) is 4.68 Å². The summed E-state index contributed by atoms with van der Waals surface area (Å²) in [5, 5.41) is 17.7. The number of unbranched alkanes of at least 4 members (excludes halogenated alkanes) is 1. The summed E-state index contributed by atoms with van der Waals surface area (Å²) in [5.41, 5.74) is 2.56. The van der Waals surface area contributed by atoms with Crippen LogP contribution in [0.3, 0.4) is 0 Å². The van der Waals surface area contributed by atoms with E-state index >= 15 is 0 Å². The van der Waals surface area contributed by atoms with Gasteiger partial charge in [-0.1, -0.05) is 32.4 Å². The number of ether oxygens (including phenoxy) is 1. The topological polar surface area (TPSA) is 60.2 Å². The van der Waals surface area contributed by atoms with E-state index in [2.05, 4.69) is 31.1 Å². The molecule has 1 aromatic heterocycles. The zero-order chi connectivity index (χ0) is 15.9. The number of aliphatic hydroxyl groups excluding tert-OH is 1. The highest BCUT2D eigenvalue weighted by Gasteiger charge is 2.14. The first-order chi connectivity index (χ1) is 10.7. The smallest absolute Gasteiger partial charge is 0.119 e. The van der Waals surface area contributed by atoms with Crippen LogP contribution in [0.4, 0.5) is 0 Å². The maximum absolute atomic E-state index is 9.42. The molecule has 0 atom stereocenters. The second-order valence-corrected chi connectivity index (χ2v) is 5.85. The van der Waals surface area contributed by atoms with Crippen molar-refractivity contribution in [3.63, 3.8) is 0 Å². The molecule has 1 aromatic carbocycles. The normalized spacial score (nSPS) is 11.1. The van der Waals surface area contributed by atoms with Crippen LogP contribution in [0.1, 0.15) is 45.0 Å². The first-order valence-electron chi connectivity index (χ1n) is 7.93. The molecule has 0 saturated carbocycles. The summed E-state index contributed by atoms with van der Waals surface area (Å²) >= 11 is 0. The number of hydrogen-bond acceptors (Lipinski definition) is 4. The molecule has 1 N–H and O–H groups in total. The fourth-order valence-corrected chi connectivity index (χ4v) is 2.27. The second-order valence-electron chi connectivity index (χ2n) is 5.85. The molecule has 5 nitrogen and oxygen atoms in total. The van der Waals surface area contributed by atoms with E-state index in [0.29, 0.717) is 11.6 Å². The van der Waals surface area contributed by atoms with E-state index < -0.39 is 0 Å². The number of hydrogen-bond donors (Lipinski definition) is 1. The standard InChI is InChI=1S/C17H25N3O2/c1-4-5-10-22-15-8-6-14(7-9-15)20-17(11-13(2)3)16(12-21)18-19-20/h6-9,13,21H,4-5,10-12H2,1-3H3. The molecule has 0 spiro atoms. The van der Waals surface area contributed by atoms with Gasteiger partial charge < -0.3 is 9.84 Å². The maximum Gasteiger partial charge on any atom is 0.119 e. The summed E-state index contributed by atoms with van der Waals surface area (Å²) in [6.07, 6.45) is 3.01. The average Bonchev–Trinajstić information content (AvgIpc) is 2.90. The molecule has 22 heavy (non-hydrogen) atoms. The first-order valence-corrected chi connectivity index (χ1v) is 7.93. The fourth-order valence-electron chi connectivity index (χ4n) is 2.27. The number of nitrogens with zero attached hydrogens (tertiary/aromatic N) is 3. The van der Waals surface area contributed by atoms with Crippen LogP contribution in [-0.2, 0) is 13.0 Å². The number of benzene rings is 1. The van der Waals surface area contributed by atoms with Crippen LogP contribution < -0.4 is 4.74 Å². The van der Waals surface area contributed by atoms with Crippen molar-refractivity contribution in [3.8, 4) is 11.4 Å². The van der Waals surface area contributed by atoms with Gasteiger partial charge in [0.1, 0.15) is 11.4 Å². The van der Waals surface area contributed by atoms with Gasteiger partial charge in [-0.2, -0.15) is 0 Å². The van der Waals surface area contributed by atoms with Crippen molar-refractivity contribution in [2.75, 3.05) is 6.61 Å². The van der Waals surface area contributed by atoms with Crippen molar-refractivity contribution in [2.45, 2.75) is 46.6 Å². The van der Waals surface area contributed by atoms with Crippen LogP contribution in [0.25, 0.3) is 5.69 Å². The molecule has 0 aliphatic rings. The molecule has 0 amide bonds. The predicted octanol–water partition coefficient (Wildman–Crippen LogP) is 3.14. The third kappa shape index (κ3) is 4.07. The Morgan fingerprint density at radius 1 is 1.23 bits per heavy atom. The SMILES string of the molecule is CCCCOc1ccc(-n2nnc(CO)c2CC(C)C)cc1. The largest absolute Gasteiger partial charge is 0.494 e. The van der Waals surface area contributed by atoms with Crippen LogP contribution in [0.2, 0.25) is 0 Å². The lowest BCUT2D eigenvalue weighted by Crippen LogP contribution is -2.07. The number of aromatic nitrogens is 3. The summed E-state index contributed by atoms with van der Waals surface area (Å²) in [6, 6.07) is 7.84. The van der Waals surface area contributed by atoms with Crippen molar-refractivity contribution < 1.29 is 9.84 Å². The molecule has 0 fully saturated rings. The summed E-state index contributed by atoms with van der Waals surface area (Å²) in [6.45, 7) is 7.09. The zero-order valence-electron chi connectivity index (χ0n) is 13.6. The number of aliphatic hydroxyl groups is 1. The molecule has 0 unspecified atom stereocenters. The van der Waals surface area contributed by atoms with E-state index in [1.807, 2.05) is 24.3 Å². The zero-order valence-corrected chi connectivity index (χ0v) is 13.6. The molecule has 0 radical (unpaired) electrons. The van der Waals surface area contributed by atoms with Crippen LogP contribution in [0, 0.1) is 5.92 Å². The van der Waals surface area contributed by atoms with E-state index in [9.17, 15) is 5.11 Å². The van der Waals surface area contributed by atoms with Gasteiger partial charge in [-0.05, 0) is 43.0 Å². The van der Waals surface area contributed by atoms with Gasteiger partial charge in [-0.15, -0.1) is 5.10 Å². The van der Waals surface area contributed by atoms with Gasteiger partial charge in [0.25, 0.3) is 0 Å². The van der Waals surface area contributed by atoms with Gasteiger partial charge in [0, 0.05) is 0 Å². The molecule has 0 bridgehead atoms. The Hall–Kier alpha value is -1.88. The molecule has 0 aliphatic carbocycles. The molecule has 0 saturated heterocycles. The Labute approximate surface area is 131 Å². The monoisotopic (exact) mass is 303 g/mol. The van der Waals surface area contributed by atoms with E-state index in [1.165, 1.54) is 0 Å². The van der Waals surface area contributed by atoms with E-state index in [-0.39, 0.29) is 6.61 Å². The van der Waals surface area contributed by atoms with E-state index in [0.717, 1.165) is 43.0 Å². The Morgan fingerprint density at radius 2 is 1.95 bits per heavy atom. The molecule has 0 aliphatic heterocycles. The van der Waals surface area contributed by atoms with Crippen LogP contribution in [-0.4, -0.2) is 26.7 Å². The van der Waals surface area contributed by atoms with Crippen molar-refractivity contribution in [1.29, 1.82) is 0 Å². The summed E-state index contributed by atoms with van der Waals surface area (Å²) in [4.78, 5) is 0. The van der Waals surface area contributed by atoms with Crippen molar-refractivity contribution in [3.05, 3.63) is 35.7 Å². The van der Waals surface area contributed by atoms with Gasteiger partial charge in [-0.3, -0.25) is 0 Å². The molecular formula is C17H25N3O2. The third-order valence-corrected chi connectivity index (χ3v) is 3.44.